The van der Waals surface area contributed by atoms with Gasteiger partial charge < -0.3 is 10.5 Å². The Balaban J connectivity index is 2.12. The lowest BCUT2D eigenvalue weighted by Crippen LogP contribution is -2.11. The Bertz CT molecular complexity index is 818. The molecule has 2 N–H and O–H groups in total. The lowest BCUT2D eigenvalue weighted by molar-refractivity contribution is 0.217. The first-order chi connectivity index (χ1) is 10.6. The predicted octanol–water partition coefficient (Wildman–Crippen LogP) is 4.26. The normalized spacial score (nSPS) is 12.5. The molecule has 3 rings (SSSR count). The molecule has 1 unspecified atom stereocenters. The highest BCUT2D eigenvalue weighted by molar-refractivity contribution is 7.16. The highest BCUT2D eigenvalue weighted by Crippen LogP contribution is 2.33. The number of ether oxygens (including phenoxy) is 1. The van der Waals surface area contributed by atoms with Crippen molar-refractivity contribution in [2.24, 2.45) is 0 Å². The van der Waals surface area contributed by atoms with Crippen LogP contribution in [0, 0.1) is 5.82 Å². The number of rotatable bonds is 4. The number of nitrogens with zero attached hydrogens (tertiary/aromatic N) is 2. The first kappa shape index (κ1) is 14.7. The summed E-state index contributed by atoms with van der Waals surface area (Å²) in [6.45, 7) is 3.95. The molecule has 6 heteroatoms. The van der Waals surface area contributed by atoms with Crippen molar-refractivity contribution in [3.05, 3.63) is 35.5 Å². The van der Waals surface area contributed by atoms with Crippen LogP contribution in [0.5, 0.6) is 5.75 Å². The van der Waals surface area contributed by atoms with E-state index in [1.807, 2.05) is 25.3 Å². The molecule has 2 heterocycles. The van der Waals surface area contributed by atoms with E-state index in [2.05, 4.69) is 9.97 Å². The van der Waals surface area contributed by atoms with Crippen molar-refractivity contribution in [3.8, 4) is 17.1 Å². The Morgan fingerprint density at radius 3 is 2.91 bits per heavy atom. The molecule has 1 aromatic carbocycles. The molecule has 4 nitrogen and oxygen atoms in total. The van der Waals surface area contributed by atoms with Crippen molar-refractivity contribution in [1.29, 1.82) is 0 Å². The average molecular weight is 317 g/mol. The van der Waals surface area contributed by atoms with E-state index in [1.54, 1.807) is 6.07 Å². The molecular weight excluding hydrogens is 301 g/mol. The van der Waals surface area contributed by atoms with E-state index in [1.165, 1.54) is 23.5 Å². The van der Waals surface area contributed by atoms with Gasteiger partial charge in [-0.05, 0) is 36.9 Å². The number of nitrogen functional groups attached to an aromatic ring is 1. The number of hydrogen-bond donors (Lipinski definition) is 1. The molecule has 0 radical (unpaired) electrons. The standard InChI is InChI=1S/C16H16FN3OS/c1-3-9(2)21-13-8-10(17)4-5-11(13)15-19-14(18)12-6-7-22-16(12)20-15/h4-9H,3H2,1-2H3,(H2,18,19,20). The molecule has 0 saturated carbocycles. The van der Waals surface area contributed by atoms with Gasteiger partial charge in [0.05, 0.1) is 17.1 Å². The smallest absolute Gasteiger partial charge is 0.166 e. The Hall–Kier alpha value is -2.21. The third-order valence-corrected chi connectivity index (χ3v) is 4.25. The van der Waals surface area contributed by atoms with Gasteiger partial charge in [-0.2, -0.15) is 0 Å². The van der Waals surface area contributed by atoms with Crippen LogP contribution in [0.15, 0.2) is 29.6 Å². The van der Waals surface area contributed by atoms with Gasteiger partial charge in [0.15, 0.2) is 5.82 Å². The van der Waals surface area contributed by atoms with Gasteiger partial charge >= 0.3 is 0 Å². The maximum Gasteiger partial charge on any atom is 0.166 e. The molecule has 0 aliphatic heterocycles. The fourth-order valence-electron chi connectivity index (χ4n) is 2.08. The van der Waals surface area contributed by atoms with Gasteiger partial charge in [0, 0.05) is 6.07 Å². The predicted molar refractivity (Wildman–Crippen MR) is 87.6 cm³/mol. The van der Waals surface area contributed by atoms with Crippen LogP contribution in [-0.2, 0) is 0 Å². The SMILES string of the molecule is CCC(C)Oc1cc(F)ccc1-c1nc(N)c2ccsc2n1. The molecule has 3 aromatic rings. The van der Waals surface area contributed by atoms with Crippen LogP contribution in [-0.4, -0.2) is 16.1 Å². The highest BCUT2D eigenvalue weighted by Gasteiger charge is 2.15. The van der Waals surface area contributed by atoms with Crippen LogP contribution in [0.25, 0.3) is 21.6 Å². The number of thiophene rings is 1. The minimum absolute atomic E-state index is 0.0247. The van der Waals surface area contributed by atoms with E-state index >= 15 is 0 Å². The maximum absolute atomic E-state index is 13.6. The van der Waals surface area contributed by atoms with Gasteiger partial charge in [-0.1, -0.05) is 6.92 Å². The van der Waals surface area contributed by atoms with E-state index in [0.717, 1.165) is 16.6 Å². The lowest BCUT2D eigenvalue weighted by atomic mass is 10.1. The monoisotopic (exact) mass is 317 g/mol. The molecule has 0 amide bonds. The number of halogens is 1. The minimum Gasteiger partial charge on any atom is -0.490 e. The van der Waals surface area contributed by atoms with Gasteiger partial charge in [0.2, 0.25) is 0 Å². The Morgan fingerprint density at radius 1 is 1.32 bits per heavy atom. The van der Waals surface area contributed by atoms with Crippen molar-refractivity contribution in [3.63, 3.8) is 0 Å². The molecule has 0 fully saturated rings. The van der Waals surface area contributed by atoms with Gasteiger partial charge in [-0.25, -0.2) is 14.4 Å². The second-order valence-electron chi connectivity index (χ2n) is 5.05. The summed E-state index contributed by atoms with van der Waals surface area (Å²) in [5.41, 5.74) is 6.63. The van der Waals surface area contributed by atoms with Crippen LogP contribution in [0.1, 0.15) is 20.3 Å². The zero-order chi connectivity index (χ0) is 15.7. The molecule has 0 saturated heterocycles. The summed E-state index contributed by atoms with van der Waals surface area (Å²) in [4.78, 5) is 9.66. The van der Waals surface area contributed by atoms with Crippen LogP contribution in [0.2, 0.25) is 0 Å². The summed E-state index contributed by atoms with van der Waals surface area (Å²) in [6.07, 6.45) is 0.798. The Morgan fingerprint density at radius 2 is 2.14 bits per heavy atom. The lowest BCUT2D eigenvalue weighted by Gasteiger charge is -2.16. The number of fused-ring (bicyclic) bond motifs is 1. The molecule has 114 valence electrons. The summed E-state index contributed by atoms with van der Waals surface area (Å²) in [6, 6.07) is 6.25. The van der Waals surface area contributed by atoms with E-state index < -0.39 is 0 Å². The van der Waals surface area contributed by atoms with Crippen molar-refractivity contribution >= 4 is 27.4 Å². The van der Waals surface area contributed by atoms with Gasteiger partial charge in [-0.15, -0.1) is 11.3 Å². The van der Waals surface area contributed by atoms with Crippen molar-refractivity contribution < 1.29 is 9.13 Å². The highest BCUT2D eigenvalue weighted by atomic mass is 32.1. The number of nitrogens with two attached hydrogens (primary N) is 1. The number of aromatic nitrogens is 2. The molecule has 0 aliphatic carbocycles. The first-order valence-electron chi connectivity index (χ1n) is 7.05. The van der Waals surface area contributed by atoms with Gasteiger partial charge in [-0.3, -0.25) is 0 Å². The fraction of sp³-hybridized carbons (Fsp3) is 0.250. The van der Waals surface area contributed by atoms with Gasteiger partial charge in [0.1, 0.15) is 22.2 Å². The Labute approximate surface area is 131 Å². The van der Waals surface area contributed by atoms with E-state index in [0.29, 0.717) is 23.0 Å². The van der Waals surface area contributed by atoms with Crippen LogP contribution >= 0.6 is 11.3 Å². The Kier molecular flexibility index (Phi) is 3.94. The number of benzene rings is 1. The average Bonchev–Trinajstić information content (AvgIpc) is 2.96. The largest absolute Gasteiger partial charge is 0.490 e. The molecule has 0 aliphatic rings. The van der Waals surface area contributed by atoms with Crippen LogP contribution in [0.4, 0.5) is 10.2 Å². The first-order valence-corrected chi connectivity index (χ1v) is 7.93. The number of anilines is 1. The molecular formula is C16H16FN3OS. The summed E-state index contributed by atoms with van der Waals surface area (Å²) >= 11 is 1.49. The molecule has 1 atom stereocenters. The van der Waals surface area contributed by atoms with E-state index in [9.17, 15) is 4.39 Å². The van der Waals surface area contributed by atoms with E-state index in [-0.39, 0.29) is 11.9 Å². The molecule has 0 bridgehead atoms. The summed E-state index contributed by atoms with van der Waals surface area (Å²) in [5.74, 6) is 0.947. The zero-order valence-corrected chi connectivity index (χ0v) is 13.2. The molecule has 0 spiro atoms. The second kappa shape index (κ2) is 5.88. The van der Waals surface area contributed by atoms with Crippen LogP contribution in [0.3, 0.4) is 0 Å². The third kappa shape index (κ3) is 2.74. The van der Waals surface area contributed by atoms with E-state index in [4.69, 9.17) is 10.5 Å². The van der Waals surface area contributed by atoms with Crippen molar-refractivity contribution in [2.75, 3.05) is 5.73 Å². The number of hydrogen-bond acceptors (Lipinski definition) is 5. The maximum atomic E-state index is 13.6. The summed E-state index contributed by atoms with van der Waals surface area (Å²) in [5, 5.41) is 2.75. The molecule has 2 aromatic heterocycles. The second-order valence-corrected chi connectivity index (χ2v) is 5.94. The molecule has 22 heavy (non-hydrogen) atoms. The van der Waals surface area contributed by atoms with Crippen molar-refractivity contribution in [2.45, 2.75) is 26.4 Å². The third-order valence-electron chi connectivity index (χ3n) is 3.44. The minimum atomic E-state index is -0.354. The topological polar surface area (TPSA) is 61.0 Å². The quantitative estimate of drug-likeness (QED) is 0.781. The van der Waals surface area contributed by atoms with Gasteiger partial charge in [0.25, 0.3) is 0 Å². The van der Waals surface area contributed by atoms with Crippen LogP contribution < -0.4 is 10.5 Å². The summed E-state index contributed by atoms with van der Waals surface area (Å²) < 4.78 is 19.4. The summed E-state index contributed by atoms with van der Waals surface area (Å²) in [7, 11) is 0. The van der Waals surface area contributed by atoms with Crippen molar-refractivity contribution in [1.82, 2.24) is 9.97 Å². The zero-order valence-electron chi connectivity index (χ0n) is 12.3. The fourth-order valence-corrected chi connectivity index (χ4v) is 2.85.